The molecule has 112 valence electrons. The molecule has 1 amide bonds. The number of benzene rings is 1. The molecule has 2 rings (SSSR count). The average Bonchev–Trinajstić information content (AvgIpc) is 2.93. The van der Waals surface area contributed by atoms with Crippen LogP contribution in [0.4, 0.5) is 16.2 Å². The quantitative estimate of drug-likeness (QED) is 0.846. The van der Waals surface area contributed by atoms with Crippen molar-refractivity contribution in [3.8, 4) is 0 Å². The average molecular weight is 306 g/mol. The van der Waals surface area contributed by atoms with Gasteiger partial charge in [0.1, 0.15) is 11.5 Å². The van der Waals surface area contributed by atoms with Crippen LogP contribution in [0.25, 0.3) is 0 Å². The molecule has 1 aromatic heterocycles. The van der Waals surface area contributed by atoms with Gasteiger partial charge in [-0.15, -0.1) is 0 Å². The zero-order chi connectivity index (χ0) is 15.1. The van der Waals surface area contributed by atoms with E-state index in [-0.39, 0.29) is 0 Å². The second-order valence-corrected chi connectivity index (χ2v) is 5.22. The highest BCUT2D eigenvalue weighted by Gasteiger charge is 2.03. The van der Waals surface area contributed by atoms with Crippen LogP contribution >= 0.6 is 11.8 Å². The lowest BCUT2D eigenvalue weighted by Gasteiger charge is -2.08. The Morgan fingerprint density at radius 2 is 2.00 bits per heavy atom. The predicted molar refractivity (Wildman–Crippen MR) is 85.7 cm³/mol. The van der Waals surface area contributed by atoms with Crippen LogP contribution in [0.2, 0.25) is 0 Å². The van der Waals surface area contributed by atoms with E-state index < -0.39 is 6.09 Å². The van der Waals surface area contributed by atoms with Crippen molar-refractivity contribution >= 4 is 29.2 Å². The highest BCUT2D eigenvalue weighted by molar-refractivity contribution is 7.97. The van der Waals surface area contributed by atoms with Crippen molar-refractivity contribution in [2.45, 2.75) is 12.3 Å². The van der Waals surface area contributed by atoms with Crippen LogP contribution in [-0.4, -0.2) is 19.5 Å². The summed E-state index contributed by atoms with van der Waals surface area (Å²) in [4.78, 5) is 11.2. The third kappa shape index (κ3) is 4.75. The maximum atomic E-state index is 11.2. The monoisotopic (exact) mass is 306 g/mol. The van der Waals surface area contributed by atoms with Crippen molar-refractivity contribution in [1.82, 2.24) is 0 Å². The lowest BCUT2D eigenvalue weighted by atomic mass is 10.2. The van der Waals surface area contributed by atoms with E-state index in [9.17, 15) is 4.79 Å². The Hall–Kier alpha value is -2.08. The first-order valence-electron chi connectivity index (χ1n) is 6.46. The van der Waals surface area contributed by atoms with Gasteiger partial charge in [0.25, 0.3) is 0 Å². The number of anilines is 2. The van der Waals surface area contributed by atoms with Crippen molar-refractivity contribution in [2.75, 3.05) is 24.0 Å². The standard InChI is InChI=1S/C15H18N2O3S/c1-19-15(18)17-12-5-3-4-11(8-12)16-9-13-6-7-14(20-13)10-21-2/h3-8,16H,9-10H2,1-2H3,(H,17,18). The normalized spacial score (nSPS) is 10.2. The Morgan fingerprint density at radius 1 is 1.24 bits per heavy atom. The number of thioether (sulfide) groups is 1. The van der Waals surface area contributed by atoms with E-state index in [0.29, 0.717) is 12.2 Å². The number of carbonyl (C=O) groups excluding carboxylic acids is 1. The molecule has 1 heterocycles. The molecule has 0 aliphatic rings. The number of hydrogen-bond donors (Lipinski definition) is 2. The Bertz CT molecular complexity index is 598. The molecular formula is C15H18N2O3S. The van der Waals surface area contributed by atoms with Gasteiger partial charge < -0.3 is 14.5 Å². The zero-order valence-electron chi connectivity index (χ0n) is 12.0. The first kappa shape index (κ1) is 15.3. The third-order valence-corrected chi connectivity index (χ3v) is 3.34. The van der Waals surface area contributed by atoms with Gasteiger partial charge in [0.05, 0.1) is 19.4 Å². The summed E-state index contributed by atoms with van der Waals surface area (Å²) in [5.41, 5.74) is 1.57. The number of carbonyl (C=O) groups is 1. The summed E-state index contributed by atoms with van der Waals surface area (Å²) in [5, 5.41) is 5.88. The van der Waals surface area contributed by atoms with Crippen LogP contribution < -0.4 is 10.6 Å². The number of hydrogen-bond acceptors (Lipinski definition) is 5. The largest absolute Gasteiger partial charge is 0.463 e. The second-order valence-electron chi connectivity index (χ2n) is 4.35. The smallest absolute Gasteiger partial charge is 0.411 e. The molecule has 0 fully saturated rings. The minimum Gasteiger partial charge on any atom is -0.463 e. The minimum atomic E-state index is -0.486. The SMILES string of the molecule is COC(=O)Nc1cccc(NCc2ccc(CSC)o2)c1. The van der Waals surface area contributed by atoms with Crippen molar-refractivity contribution < 1.29 is 13.9 Å². The number of methoxy groups -OCH3 is 1. The maximum Gasteiger partial charge on any atom is 0.411 e. The molecule has 6 heteroatoms. The van der Waals surface area contributed by atoms with Gasteiger partial charge in [0.15, 0.2) is 0 Å². The van der Waals surface area contributed by atoms with E-state index in [1.165, 1.54) is 7.11 Å². The zero-order valence-corrected chi connectivity index (χ0v) is 12.8. The van der Waals surface area contributed by atoms with Crippen LogP contribution in [0.15, 0.2) is 40.8 Å². The number of rotatable bonds is 6. The van der Waals surface area contributed by atoms with Gasteiger partial charge in [0.2, 0.25) is 0 Å². The van der Waals surface area contributed by atoms with E-state index in [2.05, 4.69) is 15.4 Å². The summed E-state index contributed by atoms with van der Waals surface area (Å²) in [7, 11) is 1.33. The first-order chi connectivity index (χ1) is 10.2. The van der Waals surface area contributed by atoms with Crippen molar-refractivity contribution in [2.24, 2.45) is 0 Å². The van der Waals surface area contributed by atoms with Crippen molar-refractivity contribution in [3.05, 3.63) is 47.9 Å². The summed E-state index contributed by atoms with van der Waals surface area (Å²) in [6.45, 7) is 0.593. The summed E-state index contributed by atoms with van der Waals surface area (Å²) in [5.74, 6) is 2.73. The Labute approximate surface area is 128 Å². The molecule has 21 heavy (non-hydrogen) atoms. The van der Waals surface area contributed by atoms with E-state index in [0.717, 1.165) is 23.0 Å². The summed E-state index contributed by atoms with van der Waals surface area (Å²) in [6.07, 6.45) is 1.56. The molecular weight excluding hydrogens is 288 g/mol. The van der Waals surface area contributed by atoms with Gasteiger partial charge >= 0.3 is 6.09 Å². The van der Waals surface area contributed by atoms with Crippen LogP contribution in [0.5, 0.6) is 0 Å². The highest BCUT2D eigenvalue weighted by atomic mass is 32.2. The first-order valence-corrected chi connectivity index (χ1v) is 7.86. The number of amides is 1. The molecule has 0 unspecified atom stereocenters. The fraction of sp³-hybridized carbons (Fsp3) is 0.267. The van der Waals surface area contributed by atoms with Gasteiger partial charge in [0, 0.05) is 11.4 Å². The van der Waals surface area contributed by atoms with E-state index >= 15 is 0 Å². The molecule has 0 radical (unpaired) electrons. The lowest BCUT2D eigenvalue weighted by molar-refractivity contribution is 0.187. The summed E-state index contributed by atoms with van der Waals surface area (Å²) in [6, 6.07) is 11.4. The fourth-order valence-electron chi connectivity index (χ4n) is 1.80. The van der Waals surface area contributed by atoms with Crippen molar-refractivity contribution in [3.63, 3.8) is 0 Å². The molecule has 0 aliphatic heterocycles. The van der Waals surface area contributed by atoms with Crippen LogP contribution in [0.3, 0.4) is 0 Å². The number of nitrogens with one attached hydrogen (secondary N) is 2. The topological polar surface area (TPSA) is 63.5 Å². The molecule has 0 spiro atoms. The third-order valence-electron chi connectivity index (χ3n) is 2.77. The Kier molecular flexibility index (Phi) is 5.57. The Morgan fingerprint density at radius 3 is 2.76 bits per heavy atom. The summed E-state index contributed by atoms with van der Waals surface area (Å²) >= 11 is 1.73. The molecule has 0 aliphatic carbocycles. The second kappa shape index (κ2) is 7.64. The predicted octanol–water partition coefficient (Wildman–Crippen LogP) is 3.93. The molecule has 0 saturated carbocycles. The Balaban J connectivity index is 1.93. The fourth-order valence-corrected chi connectivity index (χ4v) is 2.24. The highest BCUT2D eigenvalue weighted by Crippen LogP contribution is 2.18. The minimum absolute atomic E-state index is 0.486. The molecule has 5 nitrogen and oxygen atoms in total. The van der Waals surface area contributed by atoms with E-state index in [1.807, 2.05) is 36.6 Å². The summed E-state index contributed by atoms with van der Waals surface area (Å²) < 4.78 is 10.2. The van der Waals surface area contributed by atoms with Crippen LogP contribution in [0, 0.1) is 0 Å². The molecule has 0 saturated heterocycles. The molecule has 2 N–H and O–H groups in total. The van der Waals surface area contributed by atoms with Crippen molar-refractivity contribution in [1.29, 1.82) is 0 Å². The van der Waals surface area contributed by atoms with Gasteiger partial charge in [-0.3, -0.25) is 5.32 Å². The molecule has 1 aromatic carbocycles. The molecule has 2 aromatic rings. The molecule has 0 bridgehead atoms. The van der Waals surface area contributed by atoms with Gasteiger partial charge in [-0.1, -0.05) is 6.07 Å². The van der Waals surface area contributed by atoms with Gasteiger partial charge in [-0.05, 0) is 36.6 Å². The lowest BCUT2D eigenvalue weighted by Crippen LogP contribution is -2.11. The maximum absolute atomic E-state index is 11.2. The van der Waals surface area contributed by atoms with Gasteiger partial charge in [-0.2, -0.15) is 11.8 Å². The number of ether oxygens (including phenoxy) is 1. The van der Waals surface area contributed by atoms with Gasteiger partial charge in [-0.25, -0.2) is 4.79 Å². The van der Waals surface area contributed by atoms with E-state index in [1.54, 1.807) is 17.8 Å². The number of furan rings is 1. The van der Waals surface area contributed by atoms with Crippen LogP contribution in [-0.2, 0) is 17.0 Å². The van der Waals surface area contributed by atoms with Crippen LogP contribution in [0.1, 0.15) is 11.5 Å². The van der Waals surface area contributed by atoms with E-state index in [4.69, 9.17) is 4.42 Å². The molecule has 0 atom stereocenters.